The number of ether oxygens (including phenoxy) is 2. The number of aromatic nitrogens is 1. The van der Waals surface area contributed by atoms with E-state index >= 15 is 0 Å². The Morgan fingerprint density at radius 2 is 1.76 bits per heavy atom. The van der Waals surface area contributed by atoms with E-state index in [2.05, 4.69) is 11.1 Å². The van der Waals surface area contributed by atoms with Crippen LogP contribution in [0.4, 0.5) is 0 Å². The number of hydrogen-bond donors (Lipinski definition) is 1. The first-order chi connectivity index (χ1) is 12.3. The number of nitrogens with zero attached hydrogens (tertiary/aromatic N) is 2. The minimum Gasteiger partial charge on any atom is -0.491 e. The molecule has 0 spiro atoms. The van der Waals surface area contributed by atoms with Crippen molar-refractivity contribution in [2.75, 3.05) is 13.2 Å². The third-order valence-corrected chi connectivity index (χ3v) is 3.68. The molecule has 1 N–H and O–H groups in total. The van der Waals surface area contributed by atoms with Gasteiger partial charge in [-0.15, -0.1) is 0 Å². The molecule has 0 aliphatic heterocycles. The summed E-state index contributed by atoms with van der Waals surface area (Å²) in [5.41, 5.74) is 1.70. The van der Waals surface area contributed by atoms with Crippen LogP contribution in [0.15, 0.2) is 60.8 Å². The highest BCUT2D eigenvalue weighted by atomic mass is 16.5. The van der Waals surface area contributed by atoms with Crippen molar-refractivity contribution in [2.24, 2.45) is 0 Å². The number of hydrogen-bond acceptors (Lipinski definition) is 5. The predicted molar refractivity (Wildman–Crippen MR) is 94.5 cm³/mol. The molecule has 0 bridgehead atoms. The van der Waals surface area contributed by atoms with Gasteiger partial charge in [0.1, 0.15) is 36.3 Å². The molecule has 1 atom stereocenters. The van der Waals surface area contributed by atoms with E-state index in [1.54, 1.807) is 18.3 Å². The minimum absolute atomic E-state index is 0.113. The first-order valence-electron chi connectivity index (χ1n) is 7.99. The van der Waals surface area contributed by atoms with Gasteiger partial charge in [-0.2, -0.15) is 5.26 Å². The summed E-state index contributed by atoms with van der Waals surface area (Å²) >= 11 is 0. The van der Waals surface area contributed by atoms with Gasteiger partial charge in [0.2, 0.25) is 0 Å². The Morgan fingerprint density at radius 1 is 1.00 bits per heavy atom. The highest BCUT2D eigenvalue weighted by molar-refractivity contribution is 5.84. The van der Waals surface area contributed by atoms with Crippen LogP contribution in [0.25, 0.3) is 10.9 Å². The lowest BCUT2D eigenvalue weighted by molar-refractivity contribution is 0.0631. The third kappa shape index (κ3) is 4.46. The molecule has 5 nitrogen and oxygen atoms in total. The number of aliphatic hydroxyl groups excluding tert-OH is 1. The Hall–Kier alpha value is -3.10. The maximum atomic E-state index is 10.1. The highest BCUT2D eigenvalue weighted by Crippen LogP contribution is 2.23. The number of nitriles is 1. The fourth-order valence-electron chi connectivity index (χ4n) is 2.41. The molecule has 25 heavy (non-hydrogen) atoms. The van der Waals surface area contributed by atoms with Crippen LogP contribution in [0.2, 0.25) is 0 Å². The van der Waals surface area contributed by atoms with Gasteiger partial charge in [0, 0.05) is 11.6 Å². The summed E-state index contributed by atoms with van der Waals surface area (Å²) in [6, 6.07) is 18.9. The van der Waals surface area contributed by atoms with Crippen molar-refractivity contribution < 1.29 is 14.6 Å². The number of aliphatic hydroxyl groups is 1. The van der Waals surface area contributed by atoms with Crippen molar-refractivity contribution in [3.8, 4) is 17.6 Å². The number of para-hydroxylation sites is 1. The second-order valence-corrected chi connectivity index (χ2v) is 5.59. The lowest BCUT2D eigenvalue weighted by atomic mass is 10.2. The van der Waals surface area contributed by atoms with Crippen LogP contribution >= 0.6 is 0 Å². The highest BCUT2D eigenvalue weighted by Gasteiger charge is 2.09. The molecule has 0 aliphatic rings. The Kier molecular flexibility index (Phi) is 5.45. The van der Waals surface area contributed by atoms with Crippen molar-refractivity contribution in [1.29, 1.82) is 5.26 Å². The number of rotatable bonds is 7. The molecule has 0 saturated carbocycles. The summed E-state index contributed by atoms with van der Waals surface area (Å²) in [7, 11) is 0. The van der Waals surface area contributed by atoms with E-state index < -0.39 is 6.10 Å². The van der Waals surface area contributed by atoms with E-state index in [1.165, 1.54) is 0 Å². The predicted octanol–water partition coefficient (Wildman–Crippen LogP) is 3.12. The average Bonchev–Trinajstić information content (AvgIpc) is 2.66. The molecular weight excluding hydrogens is 316 g/mol. The van der Waals surface area contributed by atoms with E-state index in [0.29, 0.717) is 17.9 Å². The maximum absolute atomic E-state index is 10.1. The SMILES string of the molecule is N#CCc1ccc(OCC(O)COc2cccc3cccnc23)cc1. The first kappa shape index (κ1) is 16.7. The summed E-state index contributed by atoms with van der Waals surface area (Å²) in [6.45, 7) is 0.234. The molecule has 0 saturated heterocycles. The van der Waals surface area contributed by atoms with Crippen LogP contribution in [0.1, 0.15) is 5.56 Å². The van der Waals surface area contributed by atoms with Gasteiger partial charge in [0.25, 0.3) is 0 Å². The molecule has 3 rings (SSSR count). The summed E-state index contributed by atoms with van der Waals surface area (Å²) in [6.07, 6.45) is 1.32. The van der Waals surface area contributed by atoms with E-state index in [4.69, 9.17) is 14.7 Å². The van der Waals surface area contributed by atoms with Crippen LogP contribution < -0.4 is 9.47 Å². The van der Waals surface area contributed by atoms with Crippen molar-refractivity contribution in [1.82, 2.24) is 4.98 Å². The molecular formula is C20H18N2O3. The quantitative estimate of drug-likeness (QED) is 0.718. The second-order valence-electron chi connectivity index (χ2n) is 5.59. The molecule has 0 radical (unpaired) electrons. The van der Waals surface area contributed by atoms with Crippen LogP contribution in [-0.4, -0.2) is 29.4 Å². The van der Waals surface area contributed by atoms with Gasteiger partial charge in [0.15, 0.2) is 0 Å². The third-order valence-electron chi connectivity index (χ3n) is 3.68. The van der Waals surface area contributed by atoms with Crippen LogP contribution in [0.3, 0.4) is 0 Å². The Labute approximate surface area is 146 Å². The Balaban J connectivity index is 1.52. The van der Waals surface area contributed by atoms with Gasteiger partial charge < -0.3 is 14.6 Å². The monoisotopic (exact) mass is 334 g/mol. The normalized spacial score (nSPS) is 11.7. The smallest absolute Gasteiger partial charge is 0.145 e. The van der Waals surface area contributed by atoms with Crippen molar-refractivity contribution in [3.63, 3.8) is 0 Å². The summed E-state index contributed by atoms with van der Waals surface area (Å²) < 4.78 is 11.2. The zero-order chi connectivity index (χ0) is 17.5. The maximum Gasteiger partial charge on any atom is 0.145 e. The van der Waals surface area contributed by atoms with Crippen molar-refractivity contribution in [3.05, 3.63) is 66.4 Å². The number of pyridine rings is 1. The average molecular weight is 334 g/mol. The summed E-state index contributed by atoms with van der Waals surface area (Å²) in [4.78, 5) is 4.32. The van der Waals surface area contributed by atoms with Gasteiger partial charge in [-0.05, 0) is 29.8 Å². The van der Waals surface area contributed by atoms with Crippen LogP contribution in [0.5, 0.6) is 11.5 Å². The van der Waals surface area contributed by atoms with Crippen molar-refractivity contribution >= 4 is 10.9 Å². The van der Waals surface area contributed by atoms with E-state index in [-0.39, 0.29) is 13.2 Å². The minimum atomic E-state index is -0.766. The largest absolute Gasteiger partial charge is 0.491 e. The van der Waals surface area contributed by atoms with Gasteiger partial charge in [0.05, 0.1) is 12.5 Å². The van der Waals surface area contributed by atoms with Gasteiger partial charge >= 0.3 is 0 Å². The fourth-order valence-corrected chi connectivity index (χ4v) is 2.41. The molecule has 126 valence electrons. The Morgan fingerprint density at radius 3 is 2.56 bits per heavy atom. The molecule has 3 aromatic rings. The van der Waals surface area contributed by atoms with Gasteiger partial charge in [-0.3, -0.25) is 4.98 Å². The number of fused-ring (bicyclic) bond motifs is 1. The molecule has 1 heterocycles. The first-order valence-corrected chi connectivity index (χ1v) is 7.99. The van der Waals surface area contributed by atoms with Gasteiger partial charge in [-0.25, -0.2) is 0 Å². The van der Waals surface area contributed by atoms with E-state index in [0.717, 1.165) is 16.5 Å². The van der Waals surface area contributed by atoms with Crippen LogP contribution in [-0.2, 0) is 6.42 Å². The molecule has 1 aromatic heterocycles. The molecule has 2 aromatic carbocycles. The Bertz CT molecular complexity index is 867. The van der Waals surface area contributed by atoms with Gasteiger partial charge in [-0.1, -0.05) is 30.3 Å². The summed E-state index contributed by atoms with van der Waals surface area (Å²) in [5, 5.41) is 19.7. The van der Waals surface area contributed by atoms with Crippen molar-refractivity contribution in [2.45, 2.75) is 12.5 Å². The number of benzene rings is 2. The van der Waals surface area contributed by atoms with Crippen LogP contribution in [0, 0.1) is 11.3 Å². The molecule has 0 amide bonds. The molecule has 0 fully saturated rings. The summed E-state index contributed by atoms with van der Waals surface area (Å²) in [5.74, 6) is 1.28. The molecule has 0 aliphatic carbocycles. The topological polar surface area (TPSA) is 75.4 Å². The van der Waals surface area contributed by atoms with E-state index in [9.17, 15) is 5.11 Å². The molecule has 5 heteroatoms. The fraction of sp³-hybridized carbons (Fsp3) is 0.200. The zero-order valence-corrected chi connectivity index (χ0v) is 13.6. The molecule has 1 unspecified atom stereocenters. The standard InChI is InChI=1S/C20H18N2O3/c21-11-10-15-6-8-18(9-7-15)24-13-17(23)14-25-19-5-1-3-16-4-2-12-22-20(16)19/h1-9,12,17,23H,10,13-14H2. The zero-order valence-electron chi connectivity index (χ0n) is 13.6. The lowest BCUT2D eigenvalue weighted by Gasteiger charge is -2.14. The lowest BCUT2D eigenvalue weighted by Crippen LogP contribution is -2.25. The van der Waals surface area contributed by atoms with E-state index in [1.807, 2.05) is 42.5 Å². The second kappa shape index (κ2) is 8.13.